The first-order chi connectivity index (χ1) is 8.20. The highest BCUT2D eigenvalue weighted by Gasteiger charge is 2.26. The van der Waals surface area contributed by atoms with Crippen LogP contribution in [0.25, 0.3) is 0 Å². The van der Waals surface area contributed by atoms with Crippen molar-refractivity contribution >= 4 is 5.91 Å². The van der Waals surface area contributed by atoms with Gasteiger partial charge in [-0.05, 0) is 37.1 Å². The maximum atomic E-state index is 13.0. The van der Waals surface area contributed by atoms with Crippen LogP contribution < -0.4 is 5.73 Å². The number of hydrogen-bond acceptors (Lipinski definition) is 2. The van der Waals surface area contributed by atoms with Gasteiger partial charge in [0.1, 0.15) is 6.17 Å². The highest BCUT2D eigenvalue weighted by molar-refractivity contribution is 5.94. The van der Waals surface area contributed by atoms with Crippen LogP contribution in [0.4, 0.5) is 4.39 Å². The molecular formula is C13H17FN2O. The predicted octanol–water partition coefficient (Wildman–Crippen LogP) is 1.37. The molecule has 0 radical (unpaired) electrons. The van der Waals surface area contributed by atoms with Crippen molar-refractivity contribution in [3.63, 3.8) is 0 Å². The van der Waals surface area contributed by atoms with E-state index in [1.165, 1.54) is 0 Å². The van der Waals surface area contributed by atoms with Gasteiger partial charge >= 0.3 is 0 Å². The smallest absolute Gasteiger partial charge is 0.253 e. The Morgan fingerprint density at radius 2 is 2.12 bits per heavy atom. The average Bonchev–Trinajstić information content (AvgIpc) is 2.76. The average molecular weight is 236 g/mol. The molecule has 0 unspecified atom stereocenters. The van der Waals surface area contributed by atoms with Gasteiger partial charge in [-0.25, -0.2) is 4.39 Å². The summed E-state index contributed by atoms with van der Waals surface area (Å²) >= 11 is 0. The van der Waals surface area contributed by atoms with E-state index in [-0.39, 0.29) is 12.5 Å². The highest BCUT2D eigenvalue weighted by atomic mass is 19.1. The number of carbonyl (C=O) groups excluding carboxylic acids is 1. The topological polar surface area (TPSA) is 46.3 Å². The zero-order chi connectivity index (χ0) is 12.3. The first-order valence-corrected chi connectivity index (χ1v) is 5.93. The predicted molar refractivity (Wildman–Crippen MR) is 64.6 cm³/mol. The van der Waals surface area contributed by atoms with Gasteiger partial charge in [-0.1, -0.05) is 12.1 Å². The number of likely N-dealkylation sites (tertiary alicyclic amines) is 1. The standard InChI is InChI=1S/C13H17FN2O/c14-12-6-8-16(9-12)13(17)11-3-1-10(2-4-11)5-7-15/h1-4,12H,5-9,15H2/t12-/m1/s1. The van der Waals surface area contributed by atoms with Crippen LogP contribution in [0, 0.1) is 0 Å². The Balaban J connectivity index is 2.04. The zero-order valence-corrected chi connectivity index (χ0v) is 9.73. The fourth-order valence-electron chi connectivity index (χ4n) is 2.07. The third-order valence-corrected chi connectivity index (χ3v) is 3.05. The van der Waals surface area contributed by atoms with Gasteiger partial charge in [0.2, 0.25) is 0 Å². The maximum Gasteiger partial charge on any atom is 0.253 e. The van der Waals surface area contributed by atoms with Crippen LogP contribution in [-0.4, -0.2) is 36.6 Å². The van der Waals surface area contributed by atoms with E-state index < -0.39 is 6.17 Å². The number of nitrogens with two attached hydrogens (primary N) is 1. The summed E-state index contributed by atoms with van der Waals surface area (Å²) in [5.41, 5.74) is 7.20. The van der Waals surface area contributed by atoms with Crippen LogP contribution in [0.2, 0.25) is 0 Å². The van der Waals surface area contributed by atoms with Crippen molar-refractivity contribution in [2.24, 2.45) is 5.73 Å². The van der Waals surface area contributed by atoms with E-state index in [1.807, 2.05) is 12.1 Å². The first-order valence-electron chi connectivity index (χ1n) is 5.93. The molecule has 1 saturated heterocycles. The molecule has 1 aromatic rings. The number of carbonyl (C=O) groups is 1. The summed E-state index contributed by atoms with van der Waals surface area (Å²) in [7, 11) is 0. The SMILES string of the molecule is NCCc1ccc(C(=O)N2CC[C@@H](F)C2)cc1. The molecule has 0 spiro atoms. The first kappa shape index (κ1) is 12.0. The third-order valence-electron chi connectivity index (χ3n) is 3.05. The molecule has 0 aromatic heterocycles. The summed E-state index contributed by atoms with van der Waals surface area (Å²) in [5, 5.41) is 0. The monoisotopic (exact) mass is 236 g/mol. The largest absolute Gasteiger partial charge is 0.336 e. The summed E-state index contributed by atoms with van der Waals surface area (Å²) in [4.78, 5) is 13.6. The van der Waals surface area contributed by atoms with E-state index in [4.69, 9.17) is 5.73 Å². The van der Waals surface area contributed by atoms with E-state index in [0.29, 0.717) is 25.1 Å². The molecule has 1 aliphatic heterocycles. The molecule has 1 heterocycles. The van der Waals surface area contributed by atoms with Crippen molar-refractivity contribution in [3.8, 4) is 0 Å². The lowest BCUT2D eigenvalue weighted by atomic mass is 10.1. The number of halogens is 1. The maximum absolute atomic E-state index is 13.0. The lowest BCUT2D eigenvalue weighted by molar-refractivity contribution is 0.0783. The van der Waals surface area contributed by atoms with Gasteiger partial charge in [0.05, 0.1) is 6.54 Å². The van der Waals surface area contributed by atoms with Gasteiger partial charge in [-0.2, -0.15) is 0 Å². The minimum atomic E-state index is -0.865. The second kappa shape index (κ2) is 5.27. The number of hydrogen-bond donors (Lipinski definition) is 1. The Morgan fingerprint density at radius 3 is 2.65 bits per heavy atom. The second-order valence-corrected chi connectivity index (χ2v) is 4.37. The molecule has 17 heavy (non-hydrogen) atoms. The molecule has 0 bridgehead atoms. The fourth-order valence-corrected chi connectivity index (χ4v) is 2.07. The van der Waals surface area contributed by atoms with Crippen molar-refractivity contribution < 1.29 is 9.18 Å². The summed E-state index contributed by atoms with van der Waals surface area (Å²) in [5.74, 6) is -0.0792. The molecule has 1 amide bonds. The minimum absolute atomic E-state index is 0.0792. The molecule has 2 rings (SSSR count). The van der Waals surface area contributed by atoms with Crippen LogP contribution in [-0.2, 0) is 6.42 Å². The molecule has 1 fully saturated rings. The van der Waals surface area contributed by atoms with Crippen molar-refractivity contribution in [2.75, 3.05) is 19.6 Å². The van der Waals surface area contributed by atoms with Crippen LogP contribution in [0.15, 0.2) is 24.3 Å². The highest BCUT2D eigenvalue weighted by Crippen LogP contribution is 2.16. The van der Waals surface area contributed by atoms with Crippen molar-refractivity contribution in [3.05, 3.63) is 35.4 Å². The van der Waals surface area contributed by atoms with Crippen molar-refractivity contribution in [1.29, 1.82) is 0 Å². The van der Waals surface area contributed by atoms with Crippen LogP contribution in [0.1, 0.15) is 22.3 Å². The van der Waals surface area contributed by atoms with Gasteiger partial charge in [-0.3, -0.25) is 4.79 Å². The molecule has 1 atom stereocenters. The molecule has 4 heteroatoms. The Hall–Kier alpha value is -1.42. The quantitative estimate of drug-likeness (QED) is 0.861. The molecular weight excluding hydrogens is 219 g/mol. The summed E-state index contributed by atoms with van der Waals surface area (Å²) in [6.45, 7) is 1.34. The van der Waals surface area contributed by atoms with E-state index >= 15 is 0 Å². The van der Waals surface area contributed by atoms with Gasteiger partial charge in [-0.15, -0.1) is 0 Å². The number of alkyl halides is 1. The molecule has 1 aromatic carbocycles. The summed E-state index contributed by atoms with van der Waals surface area (Å²) in [6, 6.07) is 7.39. The lowest BCUT2D eigenvalue weighted by Crippen LogP contribution is -2.28. The van der Waals surface area contributed by atoms with E-state index in [2.05, 4.69) is 0 Å². The molecule has 2 N–H and O–H groups in total. The van der Waals surface area contributed by atoms with E-state index in [9.17, 15) is 9.18 Å². The normalized spacial score (nSPS) is 19.6. The second-order valence-electron chi connectivity index (χ2n) is 4.37. The van der Waals surface area contributed by atoms with E-state index in [0.717, 1.165) is 12.0 Å². The Morgan fingerprint density at radius 1 is 1.41 bits per heavy atom. The van der Waals surface area contributed by atoms with Crippen LogP contribution >= 0.6 is 0 Å². The Bertz CT molecular complexity index is 391. The van der Waals surface area contributed by atoms with E-state index in [1.54, 1.807) is 17.0 Å². The third kappa shape index (κ3) is 2.82. The molecule has 92 valence electrons. The number of rotatable bonds is 3. The van der Waals surface area contributed by atoms with Crippen LogP contribution in [0.3, 0.4) is 0 Å². The lowest BCUT2D eigenvalue weighted by Gasteiger charge is -2.15. The summed E-state index contributed by atoms with van der Waals surface area (Å²) < 4.78 is 13.0. The minimum Gasteiger partial charge on any atom is -0.336 e. The van der Waals surface area contributed by atoms with Crippen LogP contribution in [0.5, 0.6) is 0 Å². The zero-order valence-electron chi connectivity index (χ0n) is 9.73. The molecule has 1 aliphatic rings. The fraction of sp³-hybridized carbons (Fsp3) is 0.462. The molecule has 3 nitrogen and oxygen atoms in total. The number of benzene rings is 1. The number of amides is 1. The molecule has 0 aliphatic carbocycles. The summed E-state index contributed by atoms with van der Waals surface area (Å²) in [6.07, 6.45) is 0.400. The van der Waals surface area contributed by atoms with Gasteiger partial charge in [0.15, 0.2) is 0 Å². The van der Waals surface area contributed by atoms with Crippen molar-refractivity contribution in [1.82, 2.24) is 4.90 Å². The Labute approximate surface area is 100 Å². The van der Waals surface area contributed by atoms with Gasteiger partial charge < -0.3 is 10.6 Å². The van der Waals surface area contributed by atoms with Crippen molar-refractivity contribution in [2.45, 2.75) is 19.0 Å². The van der Waals surface area contributed by atoms with Gasteiger partial charge in [0, 0.05) is 12.1 Å². The van der Waals surface area contributed by atoms with Gasteiger partial charge in [0.25, 0.3) is 5.91 Å². The Kier molecular flexibility index (Phi) is 3.74. The number of nitrogens with zero attached hydrogens (tertiary/aromatic N) is 1. The molecule has 0 saturated carbocycles.